The molecule has 1 aliphatic rings. The van der Waals surface area contributed by atoms with E-state index >= 15 is 0 Å². The van der Waals surface area contributed by atoms with E-state index in [2.05, 4.69) is 15.3 Å². The summed E-state index contributed by atoms with van der Waals surface area (Å²) in [6.45, 7) is 6.74. The summed E-state index contributed by atoms with van der Waals surface area (Å²) in [7, 11) is -3.87. The van der Waals surface area contributed by atoms with Gasteiger partial charge in [0.2, 0.25) is 15.9 Å². The molecule has 0 radical (unpaired) electrons. The smallest absolute Gasteiger partial charge is 0.342 e. The number of nitrogens with zero attached hydrogens (tertiary/aromatic N) is 4. The predicted octanol–water partition coefficient (Wildman–Crippen LogP) is 3.12. The maximum absolute atomic E-state index is 13.8. The summed E-state index contributed by atoms with van der Waals surface area (Å²) in [5.74, 6) is -1.16. The maximum atomic E-state index is 13.8. The highest BCUT2D eigenvalue weighted by molar-refractivity contribution is 7.89. The first-order chi connectivity index (χ1) is 19.0. The van der Waals surface area contributed by atoms with Crippen molar-refractivity contribution in [3.8, 4) is 11.3 Å². The van der Waals surface area contributed by atoms with E-state index in [1.54, 1.807) is 45.0 Å². The van der Waals surface area contributed by atoms with Crippen LogP contribution >= 0.6 is 0 Å². The summed E-state index contributed by atoms with van der Waals surface area (Å²) in [6, 6.07) is 14.4. The van der Waals surface area contributed by atoms with Crippen molar-refractivity contribution < 1.29 is 27.5 Å². The second kappa shape index (κ2) is 11.9. The fraction of sp³-hybridized carbons (Fsp3) is 0.321. The highest BCUT2D eigenvalue weighted by Crippen LogP contribution is 2.28. The van der Waals surface area contributed by atoms with Gasteiger partial charge in [-0.1, -0.05) is 30.3 Å². The van der Waals surface area contributed by atoms with Gasteiger partial charge < -0.3 is 15.0 Å². The number of piperazine rings is 1. The summed E-state index contributed by atoms with van der Waals surface area (Å²) < 4.78 is 33.4. The summed E-state index contributed by atoms with van der Waals surface area (Å²) >= 11 is 0. The van der Waals surface area contributed by atoms with E-state index in [1.165, 1.54) is 40.4 Å². The number of sulfonamides is 1. The van der Waals surface area contributed by atoms with Crippen LogP contribution in [0.25, 0.3) is 11.3 Å². The van der Waals surface area contributed by atoms with Crippen molar-refractivity contribution >= 4 is 33.5 Å². The Kier molecular flexibility index (Phi) is 8.60. The van der Waals surface area contributed by atoms with Crippen LogP contribution in [-0.2, 0) is 19.6 Å². The molecule has 1 unspecified atom stereocenters. The predicted molar refractivity (Wildman–Crippen MR) is 148 cm³/mol. The fourth-order valence-electron chi connectivity index (χ4n) is 4.61. The van der Waals surface area contributed by atoms with Crippen molar-refractivity contribution in [1.29, 1.82) is 0 Å². The van der Waals surface area contributed by atoms with Gasteiger partial charge >= 0.3 is 5.97 Å². The molecule has 0 aliphatic carbocycles. The number of aromatic nitrogens is 2. The Hall–Kier alpha value is -4.16. The fourth-order valence-corrected chi connectivity index (χ4v) is 6.22. The summed E-state index contributed by atoms with van der Waals surface area (Å²) in [5, 5.41) is 2.61. The number of hydrogen-bond donors (Lipinski definition) is 1. The average molecular weight is 566 g/mol. The molecule has 1 N–H and O–H groups in total. The van der Waals surface area contributed by atoms with Crippen LogP contribution in [0.4, 0.5) is 5.69 Å². The number of rotatable bonds is 7. The van der Waals surface area contributed by atoms with E-state index < -0.39 is 27.9 Å². The summed E-state index contributed by atoms with van der Waals surface area (Å²) in [6.07, 6.45) is 0. The molecule has 1 aromatic heterocycles. The number of hydrogen-bond acceptors (Lipinski definition) is 8. The zero-order valence-electron chi connectivity index (χ0n) is 22.7. The number of anilines is 1. The normalized spacial score (nSPS) is 15.9. The third-order valence-electron chi connectivity index (χ3n) is 6.39. The molecule has 0 saturated carbocycles. The van der Waals surface area contributed by atoms with Gasteiger partial charge in [0.1, 0.15) is 17.1 Å². The van der Waals surface area contributed by atoms with Gasteiger partial charge in [-0.15, -0.1) is 0 Å². The number of esters is 1. The maximum Gasteiger partial charge on any atom is 0.342 e. The highest BCUT2D eigenvalue weighted by atomic mass is 32.2. The molecule has 12 heteroatoms. The van der Waals surface area contributed by atoms with Crippen molar-refractivity contribution in [3.63, 3.8) is 0 Å². The van der Waals surface area contributed by atoms with Crippen molar-refractivity contribution in [2.24, 2.45) is 0 Å². The molecule has 1 saturated heterocycles. The van der Waals surface area contributed by atoms with Crippen molar-refractivity contribution in [3.05, 3.63) is 71.7 Å². The van der Waals surface area contributed by atoms with Gasteiger partial charge in [0.25, 0.3) is 5.91 Å². The van der Waals surface area contributed by atoms with Crippen LogP contribution in [0.1, 0.15) is 47.4 Å². The second-order valence-electron chi connectivity index (χ2n) is 9.35. The molecule has 0 spiro atoms. The number of aryl methyl sites for hydroxylation is 1. The van der Waals surface area contributed by atoms with Gasteiger partial charge in [-0.05, 0) is 45.0 Å². The van der Waals surface area contributed by atoms with Crippen LogP contribution in [-0.4, -0.2) is 77.7 Å². The molecule has 4 rings (SSSR count). The quantitative estimate of drug-likeness (QED) is 0.431. The summed E-state index contributed by atoms with van der Waals surface area (Å²) in [4.78, 5) is 48.5. The van der Waals surface area contributed by atoms with Gasteiger partial charge in [-0.2, -0.15) is 4.31 Å². The Balaban J connectivity index is 1.61. The van der Waals surface area contributed by atoms with Crippen LogP contribution in [0.5, 0.6) is 0 Å². The monoisotopic (exact) mass is 565 g/mol. The molecule has 210 valence electrons. The molecular formula is C28H31N5O6S. The highest BCUT2D eigenvalue weighted by Gasteiger charge is 2.37. The Bertz CT molecular complexity index is 1530. The third kappa shape index (κ3) is 6.02. The average Bonchev–Trinajstić information content (AvgIpc) is 2.92. The van der Waals surface area contributed by atoms with Crippen LogP contribution in [0, 0.1) is 6.92 Å². The molecule has 1 aliphatic heterocycles. The molecule has 0 bridgehead atoms. The zero-order chi connectivity index (χ0) is 29.0. The van der Waals surface area contributed by atoms with E-state index in [4.69, 9.17) is 4.74 Å². The lowest BCUT2D eigenvalue weighted by molar-refractivity contribution is -0.114. The lowest BCUT2D eigenvalue weighted by atomic mass is 10.0. The zero-order valence-corrected chi connectivity index (χ0v) is 23.6. The Morgan fingerprint density at radius 2 is 1.70 bits per heavy atom. The SMILES string of the molecule is CCOC(=O)c1c(C(=O)N2CCN(S(=O)(=O)c3ccc(NC(C)=O)cc3)C(C)C2)nc(C)nc1-c1ccccc1. The summed E-state index contributed by atoms with van der Waals surface area (Å²) in [5.41, 5.74) is 1.32. The second-order valence-corrected chi connectivity index (χ2v) is 11.2. The van der Waals surface area contributed by atoms with Crippen LogP contribution < -0.4 is 5.32 Å². The first kappa shape index (κ1) is 28.8. The molecule has 3 aromatic rings. The number of carbonyl (C=O) groups excluding carboxylic acids is 3. The number of carbonyl (C=O) groups is 3. The number of amides is 2. The standard InChI is InChI=1S/C28H31N5O6S/c1-5-39-28(36)24-25(21-9-7-6-8-10-21)29-19(3)30-26(24)27(35)32-15-16-33(18(2)17-32)40(37,38)23-13-11-22(12-14-23)31-20(4)34/h6-14,18H,5,15-17H2,1-4H3,(H,31,34). The molecule has 1 atom stereocenters. The van der Waals surface area contributed by atoms with Gasteiger partial charge in [0, 0.05) is 43.9 Å². The largest absolute Gasteiger partial charge is 0.462 e. The van der Waals surface area contributed by atoms with Gasteiger partial charge in [0.05, 0.1) is 17.2 Å². The first-order valence-electron chi connectivity index (χ1n) is 12.8. The van der Waals surface area contributed by atoms with Gasteiger partial charge in [-0.25, -0.2) is 23.2 Å². The molecule has 2 aromatic carbocycles. The number of ether oxygens (including phenoxy) is 1. The van der Waals surface area contributed by atoms with Crippen LogP contribution in [0.15, 0.2) is 59.5 Å². The molecule has 2 amide bonds. The van der Waals surface area contributed by atoms with E-state index in [-0.39, 0.29) is 48.3 Å². The molecule has 1 fully saturated rings. The topological polar surface area (TPSA) is 139 Å². The van der Waals surface area contributed by atoms with Crippen LogP contribution in [0.2, 0.25) is 0 Å². The molecule has 40 heavy (non-hydrogen) atoms. The molecule has 2 heterocycles. The van der Waals surface area contributed by atoms with E-state index in [0.717, 1.165) is 0 Å². The van der Waals surface area contributed by atoms with Crippen LogP contribution in [0.3, 0.4) is 0 Å². The third-order valence-corrected chi connectivity index (χ3v) is 8.41. The molecular weight excluding hydrogens is 534 g/mol. The van der Waals surface area contributed by atoms with Crippen molar-refractivity contribution in [2.75, 3.05) is 31.6 Å². The number of benzene rings is 2. The van der Waals surface area contributed by atoms with Crippen molar-refractivity contribution in [1.82, 2.24) is 19.2 Å². The van der Waals surface area contributed by atoms with E-state index in [9.17, 15) is 22.8 Å². The van der Waals surface area contributed by atoms with Gasteiger partial charge in [-0.3, -0.25) is 9.59 Å². The van der Waals surface area contributed by atoms with Gasteiger partial charge in [0.15, 0.2) is 0 Å². The lowest BCUT2D eigenvalue weighted by Gasteiger charge is -2.39. The van der Waals surface area contributed by atoms with Crippen molar-refractivity contribution in [2.45, 2.75) is 38.6 Å². The minimum absolute atomic E-state index is 0.0226. The van der Waals surface area contributed by atoms with E-state index in [0.29, 0.717) is 22.8 Å². The minimum Gasteiger partial charge on any atom is -0.462 e. The van der Waals surface area contributed by atoms with E-state index in [1.807, 2.05) is 6.07 Å². The lowest BCUT2D eigenvalue weighted by Crippen LogP contribution is -2.55. The Morgan fingerprint density at radius 1 is 1.02 bits per heavy atom. The Morgan fingerprint density at radius 3 is 2.30 bits per heavy atom. The molecule has 11 nitrogen and oxygen atoms in total. The minimum atomic E-state index is -3.87. The first-order valence-corrected chi connectivity index (χ1v) is 14.3. The number of nitrogens with one attached hydrogen (secondary N) is 1. The Labute approximate surface area is 233 Å².